The van der Waals surface area contributed by atoms with Gasteiger partial charge in [-0.25, -0.2) is 9.18 Å². The maximum atomic E-state index is 13.5. The SMILES string of the molecule is CC(C)(C)OC=O.COC(=O)c1cc(C2CCNCC2)ccc1F. The van der Waals surface area contributed by atoms with Crippen LogP contribution in [0.1, 0.15) is 55.5 Å². The number of ether oxygens (including phenoxy) is 2. The lowest BCUT2D eigenvalue weighted by atomic mass is 9.89. The van der Waals surface area contributed by atoms with Crippen LogP contribution in [0.2, 0.25) is 0 Å². The number of methoxy groups -OCH3 is 1. The first-order valence-corrected chi connectivity index (χ1v) is 7.98. The third-order valence-corrected chi connectivity index (χ3v) is 3.61. The molecule has 0 bridgehead atoms. The van der Waals surface area contributed by atoms with Crippen molar-refractivity contribution in [2.24, 2.45) is 0 Å². The Kier molecular flexibility index (Phi) is 7.85. The van der Waals surface area contributed by atoms with Crippen molar-refractivity contribution in [3.8, 4) is 0 Å². The van der Waals surface area contributed by atoms with Crippen LogP contribution in [0.15, 0.2) is 18.2 Å². The van der Waals surface area contributed by atoms with Crippen molar-refractivity contribution < 1.29 is 23.5 Å². The van der Waals surface area contributed by atoms with Gasteiger partial charge in [-0.3, -0.25) is 4.79 Å². The van der Waals surface area contributed by atoms with Gasteiger partial charge in [0.15, 0.2) is 0 Å². The average molecular weight is 339 g/mol. The maximum Gasteiger partial charge on any atom is 0.340 e. The molecule has 134 valence electrons. The summed E-state index contributed by atoms with van der Waals surface area (Å²) in [5.74, 6) is -0.729. The van der Waals surface area contributed by atoms with Crippen molar-refractivity contribution in [2.75, 3.05) is 20.2 Å². The Hall–Kier alpha value is -1.95. The highest BCUT2D eigenvalue weighted by atomic mass is 19.1. The molecule has 1 aliphatic rings. The Morgan fingerprint density at radius 3 is 2.38 bits per heavy atom. The third kappa shape index (κ3) is 6.66. The third-order valence-electron chi connectivity index (χ3n) is 3.61. The van der Waals surface area contributed by atoms with Crippen molar-refractivity contribution in [3.63, 3.8) is 0 Å². The minimum Gasteiger partial charge on any atom is -0.465 e. The largest absolute Gasteiger partial charge is 0.465 e. The zero-order valence-electron chi connectivity index (χ0n) is 14.7. The summed E-state index contributed by atoms with van der Waals surface area (Å²) < 4.78 is 22.6. The molecule has 1 aliphatic heterocycles. The van der Waals surface area contributed by atoms with Crippen LogP contribution in [0.5, 0.6) is 0 Å². The van der Waals surface area contributed by atoms with Crippen LogP contribution in [0.25, 0.3) is 0 Å². The standard InChI is InChI=1S/C13H16FNO2.C5H10O2/c1-17-13(16)11-8-10(2-3-12(11)14)9-4-6-15-7-5-9;1-5(2,3)7-4-6/h2-3,8-9,15H,4-7H2,1H3;4H,1-3H3. The Bertz CT molecular complexity index is 548. The quantitative estimate of drug-likeness (QED) is 0.677. The van der Waals surface area contributed by atoms with Gasteiger partial charge in [-0.05, 0) is 70.3 Å². The van der Waals surface area contributed by atoms with Crippen molar-refractivity contribution >= 4 is 12.4 Å². The summed E-state index contributed by atoms with van der Waals surface area (Å²) >= 11 is 0. The van der Waals surface area contributed by atoms with E-state index in [2.05, 4.69) is 14.8 Å². The molecular formula is C18H26FNO4. The van der Waals surface area contributed by atoms with Crippen LogP contribution in [-0.4, -0.2) is 38.2 Å². The van der Waals surface area contributed by atoms with E-state index in [-0.39, 0.29) is 11.2 Å². The first-order chi connectivity index (χ1) is 11.3. The van der Waals surface area contributed by atoms with Gasteiger partial charge in [-0.15, -0.1) is 0 Å². The van der Waals surface area contributed by atoms with Crippen molar-refractivity contribution in [1.29, 1.82) is 0 Å². The number of esters is 1. The molecule has 0 amide bonds. The zero-order valence-corrected chi connectivity index (χ0v) is 14.7. The minimum absolute atomic E-state index is 0.0310. The first kappa shape index (κ1) is 20.1. The molecule has 1 aromatic rings. The molecule has 0 atom stereocenters. The van der Waals surface area contributed by atoms with Crippen LogP contribution in [-0.2, 0) is 14.3 Å². The molecule has 24 heavy (non-hydrogen) atoms. The molecule has 1 fully saturated rings. The molecule has 0 saturated carbocycles. The second-order valence-corrected chi connectivity index (χ2v) is 6.58. The molecule has 0 radical (unpaired) electrons. The van der Waals surface area contributed by atoms with Crippen LogP contribution >= 0.6 is 0 Å². The molecule has 0 unspecified atom stereocenters. The van der Waals surface area contributed by atoms with Gasteiger partial charge < -0.3 is 14.8 Å². The van der Waals surface area contributed by atoms with Gasteiger partial charge in [0.1, 0.15) is 11.4 Å². The van der Waals surface area contributed by atoms with Crippen LogP contribution in [0.4, 0.5) is 4.39 Å². The number of halogens is 1. The van der Waals surface area contributed by atoms with Gasteiger partial charge in [0, 0.05) is 0 Å². The summed E-state index contributed by atoms with van der Waals surface area (Å²) in [6, 6.07) is 4.73. The van der Waals surface area contributed by atoms with E-state index in [0.29, 0.717) is 12.4 Å². The highest BCUT2D eigenvalue weighted by Gasteiger charge is 2.19. The molecule has 0 aromatic heterocycles. The van der Waals surface area contributed by atoms with Crippen molar-refractivity contribution in [3.05, 3.63) is 35.1 Å². The number of carbonyl (C=O) groups excluding carboxylic acids is 2. The molecular weight excluding hydrogens is 313 g/mol. The fourth-order valence-electron chi connectivity index (χ4n) is 2.36. The van der Waals surface area contributed by atoms with Crippen LogP contribution < -0.4 is 5.32 Å². The Labute approximate surface area is 142 Å². The average Bonchev–Trinajstić information content (AvgIpc) is 2.55. The lowest BCUT2D eigenvalue weighted by Gasteiger charge is -2.23. The second-order valence-electron chi connectivity index (χ2n) is 6.58. The van der Waals surface area contributed by atoms with Gasteiger partial charge in [0.25, 0.3) is 6.47 Å². The minimum atomic E-state index is -0.613. The first-order valence-electron chi connectivity index (χ1n) is 7.98. The summed E-state index contributed by atoms with van der Waals surface area (Å²) in [7, 11) is 1.26. The normalized spacial score (nSPS) is 15.0. The summed E-state index contributed by atoms with van der Waals surface area (Å²) in [5.41, 5.74) is 0.735. The van der Waals surface area contributed by atoms with E-state index < -0.39 is 11.8 Å². The maximum absolute atomic E-state index is 13.5. The van der Waals surface area contributed by atoms with E-state index in [9.17, 15) is 14.0 Å². The fourth-order valence-corrected chi connectivity index (χ4v) is 2.36. The van der Waals surface area contributed by atoms with E-state index in [0.717, 1.165) is 31.5 Å². The van der Waals surface area contributed by atoms with Gasteiger partial charge in [0.05, 0.1) is 12.7 Å². The smallest absolute Gasteiger partial charge is 0.340 e. The Morgan fingerprint density at radius 1 is 1.29 bits per heavy atom. The number of hydrogen-bond donors (Lipinski definition) is 1. The Morgan fingerprint density at radius 2 is 1.92 bits per heavy atom. The number of benzene rings is 1. The lowest BCUT2D eigenvalue weighted by Crippen LogP contribution is -2.26. The van der Waals surface area contributed by atoms with Gasteiger partial charge in [-0.2, -0.15) is 0 Å². The Balaban J connectivity index is 0.000000351. The van der Waals surface area contributed by atoms with Gasteiger partial charge in [-0.1, -0.05) is 6.07 Å². The molecule has 6 heteroatoms. The van der Waals surface area contributed by atoms with E-state index in [1.807, 2.05) is 20.8 Å². The molecule has 1 aromatic carbocycles. The number of rotatable bonds is 3. The second kappa shape index (κ2) is 9.37. The monoisotopic (exact) mass is 339 g/mol. The molecule has 0 aliphatic carbocycles. The molecule has 2 rings (SSSR count). The molecule has 1 N–H and O–H groups in total. The number of hydrogen-bond acceptors (Lipinski definition) is 5. The number of nitrogens with one attached hydrogen (secondary N) is 1. The number of piperidine rings is 1. The lowest BCUT2D eigenvalue weighted by molar-refractivity contribution is -0.138. The highest BCUT2D eigenvalue weighted by Crippen LogP contribution is 2.26. The summed E-state index contributed by atoms with van der Waals surface area (Å²) in [6.07, 6.45) is 2.04. The highest BCUT2D eigenvalue weighted by molar-refractivity contribution is 5.89. The van der Waals surface area contributed by atoms with Gasteiger partial charge in [0.2, 0.25) is 0 Å². The van der Waals surface area contributed by atoms with Gasteiger partial charge >= 0.3 is 5.97 Å². The van der Waals surface area contributed by atoms with E-state index >= 15 is 0 Å². The number of carbonyl (C=O) groups is 2. The van der Waals surface area contributed by atoms with Crippen LogP contribution in [0, 0.1) is 5.82 Å². The fraction of sp³-hybridized carbons (Fsp3) is 0.556. The zero-order chi connectivity index (χ0) is 18.2. The topological polar surface area (TPSA) is 64.6 Å². The molecule has 0 spiro atoms. The van der Waals surface area contributed by atoms with Crippen molar-refractivity contribution in [2.45, 2.75) is 45.1 Å². The van der Waals surface area contributed by atoms with E-state index in [4.69, 9.17) is 0 Å². The van der Waals surface area contributed by atoms with Crippen LogP contribution in [0.3, 0.4) is 0 Å². The predicted octanol–water partition coefficient (Wildman–Crippen LogP) is 3.04. The van der Waals surface area contributed by atoms with E-state index in [1.165, 1.54) is 13.2 Å². The summed E-state index contributed by atoms with van der Waals surface area (Å²) in [4.78, 5) is 21.0. The van der Waals surface area contributed by atoms with E-state index in [1.54, 1.807) is 12.1 Å². The summed E-state index contributed by atoms with van der Waals surface area (Å²) in [5, 5.41) is 3.28. The molecule has 5 nitrogen and oxygen atoms in total. The summed E-state index contributed by atoms with van der Waals surface area (Å²) in [6.45, 7) is 7.86. The molecule has 1 saturated heterocycles. The van der Waals surface area contributed by atoms with Crippen molar-refractivity contribution in [1.82, 2.24) is 5.32 Å². The molecule has 1 heterocycles. The predicted molar refractivity (Wildman–Crippen MR) is 89.5 cm³/mol.